The molecule has 0 aliphatic carbocycles. The highest BCUT2D eigenvalue weighted by Crippen LogP contribution is 2.31. The smallest absolute Gasteiger partial charge is 0.272 e. The standard InChI is InChI=1S/C35H28FN5O5S2/c1-2-31(34(44)40-35-39-30(21-47-35)24-10-6-12-27(19-24)41(45)46)48-28-13-7-11-26(20-28)37-33(43)29(18-22-14-16-25(36)17-15-22)38-32(42)23-8-4-3-5-9-23/h3-21,31H,2H2,1H3,(H,37,43)(H,38,42)(H,39,40,44)/b29-18-. The van der Waals surface area contributed by atoms with E-state index < -0.39 is 27.8 Å². The number of nitro groups is 1. The Morgan fingerprint density at radius 3 is 2.44 bits per heavy atom. The number of hydrogen-bond acceptors (Lipinski definition) is 8. The summed E-state index contributed by atoms with van der Waals surface area (Å²) in [5.41, 5.74) is 2.27. The van der Waals surface area contributed by atoms with Crippen LogP contribution in [0.1, 0.15) is 29.3 Å². The lowest BCUT2D eigenvalue weighted by Crippen LogP contribution is -2.30. The van der Waals surface area contributed by atoms with Gasteiger partial charge in [0.1, 0.15) is 11.5 Å². The Morgan fingerprint density at radius 1 is 0.958 bits per heavy atom. The minimum atomic E-state index is -0.598. The molecule has 48 heavy (non-hydrogen) atoms. The maximum Gasteiger partial charge on any atom is 0.272 e. The number of halogens is 1. The predicted molar refractivity (Wildman–Crippen MR) is 186 cm³/mol. The molecule has 5 rings (SSSR count). The normalized spacial score (nSPS) is 11.8. The molecule has 4 aromatic carbocycles. The molecule has 0 saturated carbocycles. The first kappa shape index (κ1) is 33.7. The van der Waals surface area contributed by atoms with Crippen molar-refractivity contribution >= 4 is 63.4 Å². The van der Waals surface area contributed by atoms with E-state index >= 15 is 0 Å². The van der Waals surface area contributed by atoms with E-state index in [9.17, 15) is 28.9 Å². The monoisotopic (exact) mass is 681 g/mol. The molecule has 3 amide bonds. The van der Waals surface area contributed by atoms with Gasteiger partial charge in [-0.1, -0.05) is 55.5 Å². The Balaban J connectivity index is 1.27. The second kappa shape index (κ2) is 15.8. The van der Waals surface area contributed by atoms with Crippen LogP contribution in [0.4, 0.5) is 20.9 Å². The molecule has 0 fully saturated rings. The van der Waals surface area contributed by atoms with Crippen molar-refractivity contribution in [2.75, 3.05) is 10.6 Å². The molecule has 5 aromatic rings. The summed E-state index contributed by atoms with van der Waals surface area (Å²) in [6.45, 7) is 1.88. The number of carbonyl (C=O) groups is 3. The quantitative estimate of drug-likeness (QED) is 0.0528. The van der Waals surface area contributed by atoms with Crippen molar-refractivity contribution < 1.29 is 23.7 Å². The molecule has 13 heteroatoms. The Morgan fingerprint density at radius 2 is 1.71 bits per heavy atom. The number of non-ortho nitro benzene ring substituents is 1. The van der Waals surface area contributed by atoms with Gasteiger partial charge in [0.2, 0.25) is 5.91 Å². The van der Waals surface area contributed by atoms with Gasteiger partial charge in [-0.05, 0) is 60.5 Å². The molecule has 1 atom stereocenters. The zero-order valence-electron chi connectivity index (χ0n) is 25.4. The lowest BCUT2D eigenvalue weighted by Gasteiger charge is -2.15. The summed E-state index contributed by atoms with van der Waals surface area (Å²) in [7, 11) is 0. The molecule has 242 valence electrons. The van der Waals surface area contributed by atoms with E-state index in [2.05, 4.69) is 20.9 Å². The molecule has 0 aliphatic heterocycles. The van der Waals surface area contributed by atoms with E-state index in [1.165, 1.54) is 65.6 Å². The second-order valence-corrected chi connectivity index (χ2v) is 12.4. The molecule has 0 bridgehead atoms. The summed E-state index contributed by atoms with van der Waals surface area (Å²) in [5.74, 6) is -1.79. The first-order valence-corrected chi connectivity index (χ1v) is 16.4. The van der Waals surface area contributed by atoms with Gasteiger partial charge in [0, 0.05) is 39.2 Å². The molecule has 10 nitrogen and oxygen atoms in total. The van der Waals surface area contributed by atoms with Gasteiger partial charge in [0.05, 0.1) is 15.9 Å². The molecular weight excluding hydrogens is 654 g/mol. The van der Waals surface area contributed by atoms with E-state index in [0.717, 1.165) is 0 Å². The van der Waals surface area contributed by atoms with E-state index in [1.54, 1.807) is 66.0 Å². The maximum atomic E-state index is 13.5. The lowest BCUT2D eigenvalue weighted by atomic mass is 10.1. The first-order valence-electron chi connectivity index (χ1n) is 14.6. The minimum Gasteiger partial charge on any atom is -0.321 e. The largest absolute Gasteiger partial charge is 0.321 e. The molecular formula is C35H28FN5O5S2. The fraction of sp³-hybridized carbons (Fsp3) is 0.0857. The summed E-state index contributed by atoms with van der Waals surface area (Å²) in [5, 5.41) is 21.0. The highest BCUT2D eigenvalue weighted by molar-refractivity contribution is 8.00. The minimum absolute atomic E-state index is 0.0488. The predicted octanol–water partition coefficient (Wildman–Crippen LogP) is 7.78. The number of hydrogen-bond donors (Lipinski definition) is 3. The summed E-state index contributed by atoms with van der Waals surface area (Å²) >= 11 is 2.52. The number of thioether (sulfide) groups is 1. The van der Waals surface area contributed by atoms with Crippen LogP contribution in [0.25, 0.3) is 17.3 Å². The molecule has 0 spiro atoms. The number of carbonyl (C=O) groups excluding carboxylic acids is 3. The molecule has 1 unspecified atom stereocenters. The van der Waals surface area contributed by atoms with Crippen LogP contribution in [-0.2, 0) is 9.59 Å². The van der Waals surface area contributed by atoms with Crippen molar-refractivity contribution in [2.24, 2.45) is 0 Å². The van der Waals surface area contributed by atoms with Crippen LogP contribution in [0.5, 0.6) is 0 Å². The summed E-state index contributed by atoms with van der Waals surface area (Å²) in [6, 6.07) is 27.0. The van der Waals surface area contributed by atoms with Gasteiger partial charge in [-0.2, -0.15) is 0 Å². The Kier molecular flexibility index (Phi) is 11.1. The second-order valence-electron chi connectivity index (χ2n) is 10.3. The summed E-state index contributed by atoms with van der Waals surface area (Å²) < 4.78 is 13.5. The maximum absolute atomic E-state index is 13.5. The molecule has 0 saturated heterocycles. The molecule has 0 radical (unpaired) electrons. The average molecular weight is 682 g/mol. The summed E-state index contributed by atoms with van der Waals surface area (Å²) in [6.07, 6.45) is 1.95. The highest BCUT2D eigenvalue weighted by Gasteiger charge is 2.21. The van der Waals surface area contributed by atoms with Crippen molar-refractivity contribution in [3.8, 4) is 11.3 Å². The van der Waals surface area contributed by atoms with Crippen molar-refractivity contribution in [3.05, 3.63) is 141 Å². The zero-order valence-corrected chi connectivity index (χ0v) is 27.0. The van der Waals surface area contributed by atoms with Gasteiger partial charge < -0.3 is 16.0 Å². The van der Waals surface area contributed by atoms with Crippen molar-refractivity contribution in [1.29, 1.82) is 0 Å². The van der Waals surface area contributed by atoms with Crippen LogP contribution in [-0.4, -0.2) is 32.9 Å². The molecule has 1 aromatic heterocycles. The fourth-order valence-electron chi connectivity index (χ4n) is 4.43. The SMILES string of the molecule is CCC(Sc1cccc(NC(=O)/C(=C/c2ccc(F)cc2)NC(=O)c2ccccc2)c1)C(=O)Nc1nc(-c2cccc([N+](=O)[O-])c2)cs1. The number of nitro benzene ring substituents is 1. The van der Waals surface area contributed by atoms with Gasteiger partial charge in [-0.3, -0.25) is 24.5 Å². The average Bonchev–Trinajstić information content (AvgIpc) is 3.56. The van der Waals surface area contributed by atoms with Crippen molar-refractivity contribution in [3.63, 3.8) is 0 Å². The van der Waals surface area contributed by atoms with Crippen molar-refractivity contribution in [2.45, 2.75) is 23.5 Å². The number of rotatable bonds is 12. The summed E-state index contributed by atoms with van der Waals surface area (Å²) in [4.78, 5) is 55.4. The van der Waals surface area contributed by atoms with Crippen LogP contribution in [0.2, 0.25) is 0 Å². The van der Waals surface area contributed by atoms with Gasteiger partial charge in [0.25, 0.3) is 17.5 Å². The number of anilines is 2. The van der Waals surface area contributed by atoms with Crippen LogP contribution < -0.4 is 16.0 Å². The van der Waals surface area contributed by atoms with Gasteiger partial charge in [-0.15, -0.1) is 23.1 Å². The van der Waals surface area contributed by atoms with Crippen molar-refractivity contribution in [1.82, 2.24) is 10.3 Å². The number of amides is 3. The number of nitrogens with zero attached hydrogens (tertiary/aromatic N) is 2. The van der Waals surface area contributed by atoms with E-state index in [-0.39, 0.29) is 17.3 Å². The van der Waals surface area contributed by atoms with E-state index in [4.69, 9.17) is 0 Å². The highest BCUT2D eigenvalue weighted by atomic mass is 32.2. The molecule has 3 N–H and O–H groups in total. The third-order valence-corrected chi connectivity index (χ3v) is 8.95. The van der Waals surface area contributed by atoms with Gasteiger partial charge in [-0.25, -0.2) is 9.37 Å². The number of aromatic nitrogens is 1. The third-order valence-electron chi connectivity index (χ3n) is 6.83. The topological polar surface area (TPSA) is 143 Å². The van der Waals surface area contributed by atoms with Crippen LogP contribution in [0.3, 0.4) is 0 Å². The Bertz CT molecular complexity index is 1980. The number of nitrogens with one attached hydrogen (secondary N) is 3. The number of thiazole rings is 1. The first-order chi connectivity index (χ1) is 23.2. The molecule has 1 heterocycles. The van der Waals surface area contributed by atoms with Crippen LogP contribution >= 0.6 is 23.1 Å². The Hall–Kier alpha value is -5.66. The van der Waals surface area contributed by atoms with Gasteiger partial charge >= 0.3 is 0 Å². The third kappa shape index (κ3) is 8.99. The molecule has 0 aliphatic rings. The Labute approximate surface area is 283 Å². The van der Waals surface area contributed by atoms with Crippen LogP contribution in [0.15, 0.2) is 119 Å². The van der Waals surface area contributed by atoms with Gasteiger partial charge in [0.15, 0.2) is 5.13 Å². The van der Waals surface area contributed by atoms with E-state index in [1.807, 2.05) is 13.0 Å². The fourth-order valence-corrected chi connectivity index (χ4v) is 6.16. The lowest BCUT2D eigenvalue weighted by molar-refractivity contribution is -0.384. The number of benzene rings is 4. The zero-order chi connectivity index (χ0) is 34.0. The van der Waals surface area contributed by atoms with E-state index in [0.29, 0.717) is 44.5 Å². The van der Waals surface area contributed by atoms with Crippen LogP contribution in [0, 0.1) is 15.9 Å².